The number of hydrogen-bond donors (Lipinski definition) is 1. The van der Waals surface area contributed by atoms with Gasteiger partial charge in [0.2, 0.25) is 11.8 Å². The van der Waals surface area contributed by atoms with Crippen molar-refractivity contribution in [1.82, 2.24) is 9.80 Å². The highest BCUT2D eigenvalue weighted by Crippen LogP contribution is 2.44. The summed E-state index contributed by atoms with van der Waals surface area (Å²) < 4.78 is 0. The number of likely N-dealkylation sites (tertiary alicyclic amines) is 2. The Morgan fingerprint density at radius 2 is 1.71 bits per heavy atom. The van der Waals surface area contributed by atoms with E-state index in [-0.39, 0.29) is 23.7 Å². The number of carboxylic acid groups (broad SMARTS) is 1. The van der Waals surface area contributed by atoms with Crippen molar-refractivity contribution >= 4 is 17.8 Å². The maximum Gasteiger partial charge on any atom is 0.308 e. The van der Waals surface area contributed by atoms with Crippen molar-refractivity contribution in [3.05, 3.63) is 0 Å². The second-order valence-electron chi connectivity index (χ2n) is 8.07. The van der Waals surface area contributed by atoms with Gasteiger partial charge < -0.3 is 14.9 Å². The van der Waals surface area contributed by atoms with Crippen molar-refractivity contribution in [2.45, 2.75) is 51.0 Å². The molecule has 132 valence electrons. The Morgan fingerprint density at radius 1 is 1.00 bits per heavy atom. The fourth-order valence-corrected chi connectivity index (χ4v) is 5.00. The first kappa shape index (κ1) is 15.9. The second-order valence-corrected chi connectivity index (χ2v) is 8.07. The average Bonchev–Trinajstić information content (AvgIpc) is 2.99. The molecule has 4 aliphatic rings. The largest absolute Gasteiger partial charge is 0.481 e. The van der Waals surface area contributed by atoms with Crippen LogP contribution in [0.25, 0.3) is 0 Å². The van der Waals surface area contributed by atoms with Crippen molar-refractivity contribution in [2.24, 2.45) is 23.7 Å². The summed E-state index contributed by atoms with van der Waals surface area (Å²) >= 11 is 0. The van der Waals surface area contributed by atoms with Crippen molar-refractivity contribution in [3.63, 3.8) is 0 Å². The zero-order chi connectivity index (χ0) is 16.8. The molecule has 0 aromatic heterocycles. The van der Waals surface area contributed by atoms with Crippen LogP contribution < -0.4 is 0 Å². The Bertz CT molecular complexity index is 553. The molecule has 24 heavy (non-hydrogen) atoms. The molecule has 6 heteroatoms. The van der Waals surface area contributed by atoms with Gasteiger partial charge in [-0.1, -0.05) is 12.8 Å². The van der Waals surface area contributed by atoms with Crippen LogP contribution >= 0.6 is 0 Å². The van der Waals surface area contributed by atoms with Crippen molar-refractivity contribution < 1.29 is 19.5 Å². The van der Waals surface area contributed by atoms with Gasteiger partial charge in [0.05, 0.1) is 11.8 Å². The molecule has 0 aromatic rings. The minimum absolute atomic E-state index is 0.00162. The number of hydrogen-bond acceptors (Lipinski definition) is 3. The monoisotopic (exact) mass is 334 g/mol. The summed E-state index contributed by atoms with van der Waals surface area (Å²) in [6.45, 7) is 1.42. The van der Waals surface area contributed by atoms with E-state index in [1.165, 1.54) is 12.8 Å². The van der Waals surface area contributed by atoms with E-state index in [2.05, 4.69) is 0 Å². The standard InChI is InChI=1S/C18H26N2O4/c21-16-7-12(8-20(16)13-3-1-2-4-13)17(22)19-9-14(11-5-6-11)15(10-19)18(23)24/h11-15H,1-10H2,(H,23,24)/t12?,14-,15+/m1/s1. The number of aliphatic carboxylic acids is 1. The van der Waals surface area contributed by atoms with Crippen LogP contribution in [-0.4, -0.2) is 58.4 Å². The predicted octanol–water partition coefficient (Wildman–Crippen LogP) is 1.35. The number of rotatable bonds is 4. The lowest BCUT2D eigenvalue weighted by atomic mass is 9.92. The molecule has 2 aliphatic carbocycles. The summed E-state index contributed by atoms with van der Waals surface area (Å²) in [6.07, 6.45) is 6.94. The molecule has 2 amide bonds. The first-order valence-electron chi connectivity index (χ1n) is 9.35. The van der Waals surface area contributed by atoms with E-state index in [0.29, 0.717) is 38.0 Å². The van der Waals surface area contributed by atoms with Crippen LogP contribution in [0.5, 0.6) is 0 Å². The molecule has 2 saturated carbocycles. The van der Waals surface area contributed by atoms with E-state index < -0.39 is 11.9 Å². The normalized spacial score (nSPS) is 34.3. The average molecular weight is 334 g/mol. The summed E-state index contributed by atoms with van der Waals surface area (Å²) in [4.78, 5) is 40.3. The molecule has 4 fully saturated rings. The van der Waals surface area contributed by atoms with E-state index >= 15 is 0 Å². The van der Waals surface area contributed by atoms with Crippen molar-refractivity contribution in [1.29, 1.82) is 0 Å². The number of amides is 2. The molecule has 0 radical (unpaired) electrons. The molecule has 0 spiro atoms. The molecule has 0 aromatic carbocycles. The predicted molar refractivity (Wildman–Crippen MR) is 86.0 cm³/mol. The summed E-state index contributed by atoms with van der Waals surface area (Å²) in [7, 11) is 0. The maximum absolute atomic E-state index is 12.9. The van der Waals surface area contributed by atoms with Crippen LogP contribution in [0.2, 0.25) is 0 Å². The van der Waals surface area contributed by atoms with Gasteiger partial charge in [0.25, 0.3) is 0 Å². The van der Waals surface area contributed by atoms with Crippen molar-refractivity contribution in [3.8, 4) is 0 Å². The van der Waals surface area contributed by atoms with Gasteiger partial charge in [-0.3, -0.25) is 14.4 Å². The quantitative estimate of drug-likeness (QED) is 0.842. The highest BCUT2D eigenvalue weighted by molar-refractivity contribution is 5.90. The molecule has 2 saturated heterocycles. The summed E-state index contributed by atoms with van der Waals surface area (Å²) in [5, 5.41) is 9.45. The Balaban J connectivity index is 1.41. The maximum atomic E-state index is 12.9. The highest BCUT2D eigenvalue weighted by atomic mass is 16.4. The fourth-order valence-electron chi connectivity index (χ4n) is 5.00. The second kappa shape index (κ2) is 6.05. The molecule has 4 rings (SSSR count). The Hall–Kier alpha value is -1.59. The van der Waals surface area contributed by atoms with E-state index in [9.17, 15) is 19.5 Å². The van der Waals surface area contributed by atoms with Gasteiger partial charge in [-0.05, 0) is 37.5 Å². The van der Waals surface area contributed by atoms with Crippen LogP contribution in [-0.2, 0) is 14.4 Å². The topological polar surface area (TPSA) is 77.9 Å². The Labute approximate surface area is 142 Å². The Morgan fingerprint density at radius 3 is 2.33 bits per heavy atom. The van der Waals surface area contributed by atoms with E-state index in [4.69, 9.17) is 0 Å². The molecular weight excluding hydrogens is 308 g/mol. The number of carbonyl (C=O) groups excluding carboxylic acids is 2. The van der Waals surface area contributed by atoms with E-state index in [0.717, 1.165) is 25.7 Å². The van der Waals surface area contributed by atoms with Gasteiger partial charge in [-0.15, -0.1) is 0 Å². The van der Waals surface area contributed by atoms with Gasteiger partial charge in [0.1, 0.15) is 0 Å². The van der Waals surface area contributed by atoms with Gasteiger partial charge in [0.15, 0.2) is 0 Å². The smallest absolute Gasteiger partial charge is 0.308 e. The molecule has 6 nitrogen and oxygen atoms in total. The van der Waals surface area contributed by atoms with Crippen LogP contribution in [0.3, 0.4) is 0 Å². The third kappa shape index (κ3) is 2.80. The molecule has 1 N–H and O–H groups in total. The molecule has 3 atom stereocenters. The zero-order valence-electron chi connectivity index (χ0n) is 14.0. The lowest BCUT2D eigenvalue weighted by Gasteiger charge is -2.25. The van der Waals surface area contributed by atoms with Gasteiger partial charge in [-0.2, -0.15) is 0 Å². The summed E-state index contributed by atoms with van der Waals surface area (Å²) in [5.41, 5.74) is 0. The lowest BCUT2D eigenvalue weighted by Crippen LogP contribution is -2.38. The van der Waals surface area contributed by atoms with Crippen LogP contribution in [0.15, 0.2) is 0 Å². The number of nitrogens with zero attached hydrogens (tertiary/aromatic N) is 2. The SMILES string of the molecule is O=C(O)[C@H]1CN(C(=O)C2CC(=O)N(C3CCCC3)C2)C[C@@H]1C1CC1. The highest BCUT2D eigenvalue weighted by Gasteiger charge is 2.49. The molecular formula is C18H26N2O4. The first-order chi connectivity index (χ1) is 11.5. The third-order valence-corrected chi connectivity index (χ3v) is 6.49. The van der Waals surface area contributed by atoms with Crippen LogP contribution in [0.1, 0.15) is 44.9 Å². The molecule has 2 heterocycles. The number of carboxylic acids is 1. The van der Waals surface area contributed by atoms with Crippen molar-refractivity contribution in [2.75, 3.05) is 19.6 Å². The van der Waals surface area contributed by atoms with E-state index in [1.807, 2.05) is 4.90 Å². The zero-order valence-corrected chi connectivity index (χ0v) is 14.0. The number of carbonyl (C=O) groups is 3. The van der Waals surface area contributed by atoms with Crippen LogP contribution in [0.4, 0.5) is 0 Å². The summed E-state index contributed by atoms with van der Waals surface area (Å²) in [6, 6.07) is 0.319. The minimum atomic E-state index is -0.780. The minimum Gasteiger partial charge on any atom is -0.481 e. The van der Waals surface area contributed by atoms with E-state index in [1.54, 1.807) is 4.90 Å². The lowest BCUT2D eigenvalue weighted by molar-refractivity contribution is -0.143. The molecule has 1 unspecified atom stereocenters. The van der Waals surface area contributed by atoms with Gasteiger partial charge in [0, 0.05) is 32.1 Å². The van der Waals surface area contributed by atoms with Gasteiger partial charge >= 0.3 is 5.97 Å². The molecule has 0 bridgehead atoms. The molecule has 2 aliphatic heterocycles. The van der Waals surface area contributed by atoms with Gasteiger partial charge in [-0.25, -0.2) is 0 Å². The first-order valence-corrected chi connectivity index (χ1v) is 9.35. The fraction of sp³-hybridized carbons (Fsp3) is 0.833. The van der Waals surface area contributed by atoms with Crippen LogP contribution in [0, 0.1) is 23.7 Å². The Kier molecular flexibility index (Phi) is 4.01. The third-order valence-electron chi connectivity index (χ3n) is 6.49. The summed E-state index contributed by atoms with van der Waals surface area (Å²) in [5.74, 6) is -0.794.